The highest BCUT2D eigenvalue weighted by Crippen LogP contribution is 2.25. The van der Waals surface area contributed by atoms with Crippen molar-refractivity contribution in [3.8, 4) is 11.5 Å². The number of benzene rings is 1. The zero-order chi connectivity index (χ0) is 12.1. The summed E-state index contributed by atoms with van der Waals surface area (Å²) < 4.78 is 10.6. The van der Waals surface area contributed by atoms with Crippen molar-refractivity contribution in [3.63, 3.8) is 0 Å². The normalized spacial score (nSPS) is 14.1. The second kappa shape index (κ2) is 5.57. The third-order valence-corrected chi connectivity index (χ3v) is 2.86. The summed E-state index contributed by atoms with van der Waals surface area (Å²) in [5, 5.41) is 3.27. The lowest BCUT2D eigenvalue weighted by atomic mass is 10.1. The van der Waals surface area contributed by atoms with Crippen LogP contribution in [0.4, 0.5) is 0 Å². The Morgan fingerprint density at radius 3 is 2.76 bits per heavy atom. The van der Waals surface area contributed by atoms with Gasteiger partial charge in [-0.1, -0.05) is 0 Å². The first-order valence-electron chi connectivity index (χ1n) is 5.81. The van der Waals surface area contributed by atoms with Crippen molar-refractivity contribution in [2.45, 2.75) is 12.8 Å². The number of nitrogens with one attached hydrogen (secondary N) is 1. The first-order valence-corrected chi connectivity index (χ1v) is 5.81. The Hall–Kier alpha value is -1.71. The van der Waals surface area contributed by atoms with Gasteiger partial charge in [-0.2, -0.15) is 0 Å². The van der Waals surface area contributed by atoms with Gasteiger partial charge >= 0.3 is 0 Å². The van der Waals surface area contributed by atoms with Gasteiger partial charge in [0.15, 0.2) is 0 Å². The largest absolute Gasteiger partial charge is 0.497 e. The SMILES string of the molecule is COc1ccc(OC)c(CCC2=NCCN2)c1. The Morgan fingerprint density at radius 2 is 2.12 bits per heavy atom. The van der Waals surface area contributed by atoms with E-state index < -0.39 is 0 Å². The molecular formula is C13H18N2O2. The predicted molar refractivity (Wildman–Crippen MR) is 68.2 cm³/mol. The van der Waals surface area contributed by atoms with Gasteiger partial charge in [-0.3, -0.25) is 4.99 Å². The smallest absolute Gasteiger partial charge is 0.122 e. The quantitative estimate of drug-likeness (QED) is 0.842. The molecule has 0 aromatic heterocycles. The molecule has 0 amide bonds. The van der Waals surface area contributed by atoms with Crippen molar-refractivity contribution in [3.05, 3.63) is 23.8 Å². The van der Waals surface area contributed by atoms with E-state index in [-0.39, 0.29) is 0 Å². The van der Waals surface area contributed by atoms with Crippen molar-refractivity contribution in [1.29, 1.82) is 0 Å². The number of rotatable bonds is 5. The van der Waals surface area contributed by atoms with E-state index in [0.29, 0.717) is 0 Å². The maximum absolute atomic E-state index is 5.34. The van der Waals surface area contributed by atoms with E-state index in [1.807, 2.05) is 18.2 Å². The van der Waals surface area contributed by atoms with E-state index in [0.717, 1.165) is 48.8 Å². The Balaban J connectivity index is 2.06. The first kappa shape index (κ1) is 11.8. The number of ether oxygens (including phenoxy) is 2. The second-order valence-electron chi connectivity index (χ2n) is 3.93. The van der Waals surface area contributed by atoms with Gasteiger partial charge in [0.05, 0.1) is 26.6 Å². The van der Waals surface area contributed by atoms with Gasteiger partial charge in [-0.25, -0.2) is 0 Å². The number of aliphatic imine (C=N–C) groups is 1. The third kappa shape index (κ3) is 2.90. The molecule has 0 fully saturated rings. The lowest BCUT2D eigenvalue weighted by molar-refractivity contribution is 0.399. The predicted octanol–water partition coefficient (Wildman–Crippen LogP) is 1.64. The molecule has 4 nitrogen and oxygen atoms in total. The van der Waals surface area contributed by atoms with E-state index in [2.05, 4.69) is 10.3 Å². The molecule has 0 saturated heterocycles. The Labute approximate surface area is 102 Å². The summed E-state index contributed by atoms with van der Waals surface area (Å²) in [4.78, 5) is 4.38. The molecule has 92 valence electrons. The summed E-state index contributed by atoms with van der Waals surface area (Å²) in [5.74, 6) is 2.86. The zero-order valence-corrected chi connectivity index (χ0v) is 10.3. The molecule has 1 aromatic carbocycles. The Morgan fingerprint density at radius 1 is 1.24 bits per heavy atom. The minimum Gasteiger partial charge on any atom is -0.497 e. The molecule has 4 heteroatoms. The molecule has 0 saturated carbocycles. The van der Waals surface area contributed by atoms with Crippen LogP contribution in [0.5, 0.6) is 11.5 Å². The highest BCUT2D eigenvalue weighted by molar-refractivity contribution is 5.83. The molecule has 17 heavy (non-hydrogen) atoms. The van der Waals surface area contributed by atoms with Crippen LogP contribution in [0.3, 0.4) is 0 Å². The molecule has 0 aliphatic carbocycles. The Kier molecular flexibility index (Phi) is 3.85. The highest BCUT2D eigenvalue weighted by atomic mass is 16.5. The summed E-state index contributed by atoms with van der Waals surface area (Å²) in [6, 6.07) is 5.88. The number of hydrogen-bond acceptors (Lipinski definition) is 4. The molecule has 1 N–H and O–H groups in total. The van der Waals surface area contributed by atoms with Crippen LogP contribution in [0, 0.1) is 0 Å². The molecule has 1 aliphatic rings. The zero-order valence-electron chi connectivity index (χ0n) is 10.3. The molecular weight excluding hydrogens is 216 g/mol. The highest BCUT2D eigenvalue weighted by Gasteiger charge is 2.09. The van der Waals surface area contributed by atoms with Crippen LogP contribution in [0.15, 0.2) is 23.2 Å². The average molecular weight is 234 g/mol. The van der Waals surface area contributed by atoms with Gasteiger partial charge in [-0.15, -0.1) is 0 Å². The van der Waals surface area contributed by atoms with Crippen LogP contribution in [-0.2, 0) is 6.42 Å². The first-order chi connectivity index (χ1) is 8.33. The lowest BCUT2D eigenvalue weighted by Gasteiger charge is -2.10. The van der Waals surface area contributed by atoms with E-state index in [1.165, 1.54) is 0 Å². The molecule has 1 aromatic rings. The fraction of sp³-hybridized carbons (Fsp3) is 0.462. The van der Waals surface area contributed by atoms with Crippen molar-refractivity contribution < 1.29 is 9.47 Å². The second-order valence-corrected chi connectivity index (χ2v) is 3.93. The average Bonchev–Trinajstić information content (AvgIpc) is 2.89. The maximum atomic E-state index is 5.34. The number of nitrogens with zero attached hydrogens (tertiary/aromatic N) is 1. The summed E-state index contributed by atoms with van der Waals surface area (Å²) in [6.45, 7) is 1.86. The molecule has 0 spiro atoms. The number of aryl methyl sites for hydroxylation is 1. The summed E-state index contributed by atoms with van der Waals surface area (Å²) in [6.07, 6.45) is 1.83. The Bertz CT molecular complexity index is 416. The number of hydrogen-bond donors (Lipinski definition) is 1. The monoisotopic (exact) mass is 234 g/mol. The van der Waals surface area contributed by atoms with Gasteiger partial charge < -0.3 is 14.8 Å². The summed E-state index contributed by atoms with van der Waals surface area (Å²) in [5.41, 5.74) is 1.16. The van der Waals surface area contributed by atoms with Gasteiger partial charge in [0.25, 0.3) is 0 Å². The number of amidine groups is 1. The van der Waals surface area contributed by atoms with Gasteiger partial charge in [0.2, 0.25) is 0 Å². The third-order valence-electron chi connectivity index (χ3n) is 2.86. The van der Waals surface area contributed by atoms with Crippen LogP contribution in [0.1, 0.15) is 12.0 Å². The van der Waals surface area contributed by atoms with Gasteiger partial charge in [-0.05, 0) is 30.2 Å². The summed E-state index contributed by atoms with van der Waals surface area (Å²) in [7, 11) is 3.37. The van der Waals surface area contributed by atoms with Crippen molar-refractivity contribution >= 4 is 5.84 Å². The maximum Gasteiger partial charge on any atom is 0.122 e. The topological polar surface area (TPSA) is 42.9 Å². The van der Waals surface area contributed by atoms with Gasteiger partial charge in [0, 0.05) is 13.0 Å². The fourth-order valence-electron chi connectivity index (χ4n) is 1.94. The van der Waals surface area contributed by atoms with E-state index >= 15 is 0 Å². The minimum absolute atomic E-state index is 0.863. The fourth-order valence-corrected chi connectivity index (χ4v) is 1.94. The molecule has 1 heterocycles. The van der Waals surface area contributed by atoms with Gasteiger partial charge in [0.1, 0.15) is 11.5 Å². The van der Waals surface area contributed by atoms with E-state index in [4.69, 9.17) is 9.47 Å². The summed E-state index contributed by atoms with van der Waals surface area (Å²) >= 11 is 0. The molecule has 0 radical (unpaired) electrons. The molecule has 2 rings (SSSR count). The standard InChI is InChI=1S/C13H18N2O2/c1-16-11-4-5-12(17-2)10(9-11)3-6-13-14-7-8-15-13/h4-5,9H,3,6-8H2,1-2H3,(H,14,15). The molecule has 0 atom stereocenters. The minimum atomic E-state index is 0.863. The van der Waals surface area contributed by atoms with Crippen LogP contribution in [0.2, 0.25) is 0 Å². The van der Waals surface area contributed by atoms with E-state index in [9.17, 15) is 0 Å². The molecule has 0 bridgehead atoms. The van der Waals surface area contributed by atoms with Crippen LogP contribution < -0.4 is 14.8 Å². The molecule has 0 unspecified atom stereocenters. The van der Waals surface area contributed by atoms with Crippen molar-refractivity contribution in [2.24, 2.45) is 4.99 Å². The van der Waals surface area contributed by atoms with Crippen molar-refractivity contribution in [2.75, 3.05) is 27.3 Å². The molecule has 1 aliphatic heterocycles. The van der Waals surface area contributed by atoms with Crippen LogP contribution in [0.25, 0.3) is 0 Å². The van der Waals surface area contributed by atoms with Crippen molar-refractivity contribution in [1.82, 2.24) is 5.32 Å². The van der Waals surface area contributed by atoms with Crippen LogP contribution >= 0.6 is 0 Å². The van der Waals surface area contributed by atoms with Crippen LogP contribution in [-0.4, -0.2) is 33.1 Å². The van der Waals surface area contributed by atoms with E-state index in [1.54, 1.807) is 14.2 Å². The number of methoxy groups -OCH3 is 2. The lowest BCUT2D eigenvalue weighted by Crippen LogP contribution is -2.18.